The van der Waals surface area contributed by atoms with Crippen molar-refractivity contribution in [2.24, 2.45) is 0 Å². The van der Waals surface area contributed by atoms with Crippen molar-refractivity contribution in [3.05, 3.63) is 0 Å². The number of carboxylic acid groups (broad SMARTS) is 1. The zero-order valence-corrected chi connectivity index (χ0v) is 8.78. The van der Waals surface area contributed by atoms with Crippen LogP contribution in [0.15, 0.2) is 0 Å². The van der Waals surface area contributed by atoms with Gasteiger partial charge >= 0.3 is 11.9 Å². The van der Waals surface area contributed by atoms with Crippen LogP contribution in [0.2, 0.25) is 0 Å². The SMILES string of the molecule is CC(=O)NC(C)C(=O)OCCCC(=O)O. The molecule has 0 aliphatic heterocycles. The fourth-order valence-electron chi connectivity index (χ4n) is 0.885. The predicted octanol–water partition coefficient (Wildman–Crippen LogP) is -0.0810. The van der Waals surface area contributed by atoms with Gasteiger partial charge in [-0.1, -0.05) is 0 Å². The molecule has 0 spiro atoms. The molecule has 0 fully saturated rings. The quantitative estimate of drug-likeness (QED) is 0.479. The van der Waals surface area contributed by atoms with E-state index in [1.165, 1.54) is 13.8 Å². The summed E-state index contributed by atoms with van der Waals surface area (Å²) in [5.74, 6) is -1.80. The fourth-order valence-corrected chi connectivity index (χ4v) is 0.885. The number of aliphatic carboxylic acids is 1. The number of ether oxygens (including phenoxy) is 1. The number of amides is 1. The third kappa shape index (κ3) is 7.48. The zero-order valence-electron chi connectivity index (χ0n) is 8.78. The molecule has 86 valence electrons. The van der Waals surface area contributed by atoms with Crippen LogP contribution in [0.1, 0.15) is 26.7 Å². The molecule has 0 bridgehead atoms. The molecule has 0 saturated carbocycles. The molecule has 0 heterocycles. The topological polar surface area (TPSA) is 92.7 Å². The minimum Gasteiger partial charge on any atom is -0.481 e. The maximum atomic E-state index is 11.1. The Morgan fingerprint density at radius 1 is 1.40 bits per heavy atom. The Bertz CT molecular complexity index is 251. The first kappa shape index (κ1) is 13.4. The van der Waals surface area contributed by atoms with Gasteiger partial charge in [0.15, 0.2) is 0 Å². The molecule has 0 radical (unpaired) electrons. The van der Waals surface area contributed by atoms with E-state index < -0.39 is 18.0 Å². The van der Waals surface area contributed by atoms with Crippen LogP contribution in [0.4, 0.5) is 0 Å². The molecule has 0 aromatic heterocycles. The predicted molar refractivity (Wildman–Crippen MR) is 51.1 cm³/mol. The fraction of sp³-hybridized carbons (Fsp3) is 0.667. The lowest BCUT2D eigenvalue weighted by atomic mass is 10.3. The van der Waals surface area contributed by atoms with Crippen molar-refractivity contribution in [1.29, 1.82) is 0 Å². The van der Waals surface area contributed by atoms with Crippen molar-refractivity contribution in [3.63, 3.8) is 0 Å². The van der Waals surface area contributed by atoms with E-state index in [1.807, 2.05) is 0 Å². The van der Waals surface area contributed by atoms with Gasteiger partial charge in [-0.15, -0.1) is 0 Å². The second-order valence-electron chi connectivity index (χ2n) is 3.09. The lowest BCUT2D eigenvalue weighted by Crippen LogP contribution is -2.38. The minimum absolute atomic E-state index is 0.0399. The van der Waals surface area contributed by atoms with Crippen LogP contribution >= 0.6 is 0 Å². The van der Waals surface area contributed by atoms with E-state index in [1.54, 1.807) is 0 Å². The molecule has 1 atom stereocenters. The Hall–Kier alpha value is -1.59. The number of carbonyl (C=O) groups is 3. The van der Waals surface area contributed by atoms with E-state index in [4.69, 9.17) is 9.84 Å². The number of rotatable bonds is 6. The molecule has 0 aliphatic carbocycles. The number of hydrogen-bond acceptors (Lipinski definition) is 4. The van der Waals surface area contributed by atoms with E-state index in [2.05, 4.69) is 5.32 Å². The highest BCUT2D eigenvalue weighted by atomic mass is 16.5. The van der Waals surface area contributed by atoms with Crippen LogP contribution in [-0.2, 0) is 19.1 Å². The number of carboxylic acids is 1. The van der Waals surface area contributed by atoms with Crippen molar-refractivity contribution in [2.45, 2.75) is 32.7 Å². The lowest BCUT2D eigenvalue weighted by molar-refractivity contribution is -0.148. The summed E-state index contributed by atoms with van der Waals surface area (Å²) in [6.45, 7) is 2.85. The third-order valence-corrected chi connectivity index (χ3v) is 1.55. The Kier molecular flexibility index (Phi) is 6.08. The zero-order chi connectivity index (χ0) is 11.8. The van der Waals surface area contributed by atoms with Crippen molar-refractivity contribution in [1.82, 2.24) is 5.32 Å². The Morgan fingerprint density at radius 2 is 2.00 bits per heavy atom. The van der Waals surface area contributed by atoms with Gasteiger partial charge in [-0.05, 0) is 13.3 Å². The van der Waals surface area contributed by atoms with Gasteiger partial charge < -0.3 is 15.2 Å². The highest BCUT2D eigenvalue weighted by Crippen LogP contribution is 1.93. The number of esters is 1. The first-order chi connectivity index (χ1) is 6.93. The summed E-state index contributed by atoms with van der Waals surface area (Å²) >= 11 is 0. The van der Waals surface area contributed by atoms with Crippen LogP contribution in [0.5, 0.6) is 0 Å². The van der Waals surface area contributed by atoms with Crippen LogP contribution in [0.3, 0.4) is 0 Å². The average Bonchev–Trinajstić information content (AvgIpc) is 2.10. The smallest absolute Gasteiger partial charge is 0.328 e. The van der Waals surface area contributed by atoms with E-state index in [0.29, 0.717) is 0 Å². The number of hydrogen-bond donors (Lipinski definition) is 2. The summed E-state index contributed by atoms with van der Waals surface area (Å²) in [6, 6.07) is -0.702. The number of carbonyl (C=O) groups excluding carboxylic acids is 2. The highest BCUT2D eigenvalue weighted by molar-refractivity contribution is 5.82. The van der Waals surface area contributed by atoms with E-state index in [0.717, 1.165) is 0 Å². The minimum atomic E-state index is -0.930. The van der Waals surface area contributed by atoms with Gasteiger partial charge in [0, 0.05) is 13.3 Å². The van der Waals surface area contributed by atoms with Crippen molar-refractivity contribution < 1.29 is 24.2 Å². The summed E-state index contributed by atoms with van der Waals surface area (Å²) in [5.41, 5.74) is 0. The Balaban J connectivity index is 3.64. The molecular formula is C9H15NO5. The summed E-state index contributed by atoms with van der Waals surface area (Å²) in [7, 11) is 0. The van der Waals surface area contributed by atoms with Crippen LogP contribution in [0, 0.1) is 0 Å². The standard InChI is InChI=1S/C9H15NO5/c1-6(10-7(2)11)9(14)15-5-3-4-8(12)13/h6H,3-5H2,1-2H3,(H,10,11)(H,12,13). The second-order valence-corrected chi connectivity index (χ2v) is 3.09. The first-order valence-electron chi connectivity index (χ1n) is 4.59. The molecule has 2 N–H and O–H groups in total. The molecule has 0 aromatic carbocycles. The third-order valence-electron chi connectivity index (χ3n) is 1.55. The molecular weight excluding hydrogens is 202 g/mol. The van der Waals surface area contributed by atoms with Gasteiger partial charge in [0.25, 0.3) is 0 Å². The van der Waals surface area contributed by atoms with Gasteiger partial charge in [0.05, 0.1) is 6.61 Å². The van der Waals surface area contributed by atoms with Gasteiger partial charge in [-0.3, -0.25) is 9.59 Å². The number of nitrogens with one attached hydrogen (secondary N) is 1. The summed E-state index contributed by atoms with van der Waals surface area (Å²) in [4.78, 5) is 31.8. The molecule has 6 nitrogen and oxygen atoms in total. The lowest BCUT2D eigenvalue weighted by Gasteiger charge is -2.11. The van der Waals surface area contributed by atoms with Crippen molar-refractivity contribution in [3.8, 4) is 0 Å². The van der Waals surface area contributed by atoms with Crippen LogP contribution < -0.4 is 5.32 Å². The Labute approximate surface area is 87.6 Å². The maximum absolute atomic E-state index is 11.1. The second kappa shape index (κ2) is 6.80. The normalized spacial score (nSPS) is 11.6. The van der Waals surface area contributed by atoms with Crippen molar-refractivity contribution in [2.75, 3.05) is 6.61 Å². The largest absolute Gasteiger partial charge is 0.481 e. The van der Waals surface area contributed by atoms with Gasteiger partial charge in [-0.2, -0.15) is 0 Å². The monoisotopic (exact) mass is 217 g/mol. The maximum Gasteiger partial charge on any atom is 0.328 e. The first-order valence-corrected chi connectivity index (χ1v) is 4.59. The molecule has 1 unspecified atom stereocenters. The van der Waals surface area contributed by atoms with Gasteiger partial charge in [0.2, 0.25) is 5.91 Å². The molecule has 0 saturated heterocycles. The van der Waals surface area contributed by atoms with E-state index >= 15 is 0 Å². The van der Waals surface area contributed by atoms with Gasteiger partial charge in [0.1, 0.15) is 6.04 Å². The van der Waals surface area contributed by atoms with Gasteiger partial charge in [-0.25, -0.2) is 4.79 Å². The Morgan fingerprint density at radius 3 is 2.47 bits per heavy atom. The van der Waals surface area contributed by atoms with Crippen molar-refractivity contribution >= 4 is 17.8 Å². The summed E-state index contributed by atoms with van der Waals surface area (Å²) < 4.78 is 4.74. The molecule has 1 amide bonds. The summed E-state index contributed by atoms with van der Waals surface area (Å²) in [5, 5.41) is 10.7. The average molecular weight is 217 g/mol. The molecule has 0 aliphatic rings. The van der Waals surface area contributed by atoms with E-state index in [-0.39, 0.29) is 25.4 Å². The molecule has 0 rings (SSSR count). The van der Waals surface area contributed by atoms with Crippen LogP contribution in [-0.4, -0.2) is 35.6 Å². The molecule has 0 aromatic rings. The highest BCUT2D eigenvalue weighted by Gasteiger charge is 2.14. The molecule has 15 heavy (non-hydrogen) atoms. The van der Waals surface area contributed by atoms with E-state index in [9.17, 15) is 14.4 Å². The summed E-state index contributed by atoms with van der Waals surface area (Å²) in [6.07, 6.45) is 0.232. The molecule has 6 heteroatoms. The van der Waals surface area contributed by atoms with Crippen LogP contribution in [0.25, 0.3) is 0 Å².